The van der Waals surface area contributed by atoms with Crippen LogP contribution in [-0.2, 0) is 16.6 Å². The van der Waals surface area contributed by atoms with Crippen molar-refractivity contribution in [3.63, 3.8) is 0 Å². The summed E-state index contributed by atoms with van der Waals surface area (Å²) in [6.07, 6.45) is 2.28. The van der Waals surface area contributed by atoms with Gasteiger partial charge in [0.1, 0.15) is 15.7 Å². The molecule has 0 aliphatic carbocycles. The summed E-state index contributed by atoms with van der Waals surface area (Å²) < 4.78 is 33.2. The van der Waals surface area contributed by atoms with Crippen molar-refractivity contribution in [2.75, 3.05) is 7.05 Å². The summed E-state index contributed by atoms with van der Waals surface area (Å²) in [7, 11) is -1.92. The molecule has 116 valence electrons. The highest BCUT2D eigenvalue weighted by atomic mass is 79.9. The fraction of sp³-hybridized carbons (Fsp3) is 0.417. The number of sulfonamides is 1. The van der Waals surface area contributed by atoms with E-state index in [2.05, 4.69) is 31.0 Å². The number of furan rings is 1. The molecule has 0 aliphatic heterocycles. The fourth-order valence-corrected chi connectivity index (χ4v) is 4.94. The minimum atomic E-state index is -3.68. The van der Waals surface area contributed by atoms with Crippen molar-refractivity contribution in [1.82, 2.24) is 15.0 Å². The highest BCUT2D eigenvalue weighted by molar-refractivity contribution is 9.10. The van der Waals surface area contributed by atoms with Gasteiger partial charge in [-0.05, 0) is 29.4 Å². The summed E-state index contributed by atoms with van der Waals surface area (Å²) in [6.45, 7) is 2.36. The van der Waals surface area contributed by atoms with Crippen molar-refractivity contribution in [3.05, 3.63) is 33.1 Å². The molecule has 9 heteroatoms. The molecule has 0 fully saturated rings. The van der Waals surface area contributed by atoms with Crippen LogP contribution in [0.2, 0.25) is 0 Å². The molecular weight excluding hydrogens is 378 g/mol. The van der Waals surface area contributed by atoms with E-state index in [9.17, 15) is 8.42 Å². The average molecular weight is 394 g/mol. The molecule has 0 radical (unpaired) electrons. The first-order valence-electron chi connectivity index (χ1n) is 6.32. The zero-order chi connectivity index (χ0) is 15.5. The lowest BCUT2D eigenvalue weighted by atomic mass is 10.3. The normalized spacial score (nSPS) is 13.5. The van der Waals surface area contributed by atoms with Gasteiger partial charge in [-0.15, -0.1) is 11.3 Å². The molecule has 0 bridgehead atoms. The Bertz CT molecular complexity index is 683. The molecule has 0 aromatic carbocycles. The smallest absolute Gasteiger partial charge is 0.245 e. The predicted molar refractivity (Wildman–Crippen MR) is 84.6 cm³/mol. The second-order valence-corrected chi connectivity index (χ2v) is 7.66. The lowest BCUT2D eigenvalue weighted by molar-refractivity contribution is 0.469. The Balaban J connectivity index is 2.25. The van der Waals surface area contributed by atoms with E-state index in [1.807, 2.05) is 12.3 Å². The molecule has 2 N–H and O–H groups in total. The average Bonchev–Trinajstić information content (AvgIpc) is 3.06. The lowest BCUT2D eigenvalue weighted by Gasteiger charge is -2.13. The maximum atomic E-state index is 12.5. The SMILES string of the molecule is CCC(NS(=O)(=O)c1cc(CNC)oc1Br)c1nccs1. The van der Waals surface area contributed by atoms with Gasteiger partial charge in [-0.3, -0.25) is 0 Å². The van der Waals surface area contributed by atoms with Crippen molar-refractivity contribution in [2.45, 2.75) is 30.8 Å². The van der Waals surface area contributed by atoms with Gasteiger partial charge in [0.05, 0.1) is 12.6 Å². The van der Waals surface area contributed by atoms with Gasteiger partial charge in [0.15, 0.2) is 4.67 Å². The van der Waals surface area contributed by atoms with Crippen LogP contribution >= 0.6 is 27.3 Å². The molecule has 2 aromatic heterocycles. The van der Waals surface area contributed by atoms with Crippen LogP contribution in [0.1, 0.15) is 30.2 Å². The Kier molecular flexibility index (Phi) is 5.55. The zero-order valence-electron chi connectivity index (χ0n) is 11.6. The van der Waals surface area contributed by atoms with Gasteiger partial charge in [-0.25, -0.2) is 18.1 Å². The molecule has 0 saturated carbocycles. The van der Waals surface area contributed by atoms with Gasteiger partial charge in [0, 0.05) is 17.6 Å². The second kappa shape index (κ2) is 7.01. The topological polar surface area (TPSA) is 84.2 Å². The summed E-state index contributed by atoms with van der Waals surface area (Å²) >= 11 is 4.58. The van der Waals surface area contributed by atoms with Crippen molar-refractivity contribution in [1.29, 1.82) is 0 Å². The minimum absolute atomic E-state index is 0.0998. The van der Waals surface area contributed by atoms with Crippen LogP contribution in [0, 0.1) is 0 Å². The van der Waals surface area contributed by atoms with Crippen LogP contribution in [0.25, 0.3) is 0 Å². The van der Waals surface area contributed by atoms with E-state index >= 15 is 0 Å². The van der Waals surface area contributed by atoms with Gasteiger partial charge in [-0.1, -0.05) is 6.92 Å². The van der Waals surface area contributed by atoms with E-state index in [1.165, 1.54) is 17.4 Å². The van der Waals surface area contributed by atoms with Crippen molar-refractivity contribution < 1.29 is 12.8 Å². The number of hydrogen-bond acceptors (Lipinski definition) is 6. The third kappa shape index (κ3) is 3.92. The van der Waals surface area contributed by atoms with Gasteiger partial charge < -0.3 is 9.73 Å². The molecule has 1 atom stereocenters. The van der Waals surface area contributed by atoms with Gasteiger partial charge in [0.2, 0.25) is 10.0 Å². The molecule has 0 aliphatic rings. The minimum Gasteiger partial charge on any atom is -0.452 e. The summed E-state index contributed by atoms with van der Waals surface area (Å²) in [5.74, 6) is 0.548. The largest absolute Gasteiger partial charge is 0.452 e. The van der Waals surface area contributed by atoms with E-state index in [0.29, 0.717) is 18.7 Å². The van der Waals surface area contributed by atoms with Crippen LogP contribution < -0.4 is 10.0 Å². The number of nitrogens with zero attached hydrogens (tertiary/aromatic N) is 1. The van der Waals surface area contributed by atoms with Gasteiger partial charge in [-0.2, -0.15) is 0 Å². The highest BCUT2D eigenvalue weighted by Crippen LogP contribution is 2.28. The Labute approximate surface area is 136 Å². The molecule has 0 spiro atoms. The van der Waals surface area contributed by atoms with Crippen molar-refractivity contribution in [2.24, 2.45) is 0 Å². The molecule has 2 rings (SSSR count). The van der Waals surface area contributed by atoms with Crippen molar-refractivity contribution in [3.8, 4) is 0 Å². The van der Waals surface area contributed by atoms with Crippen LogP contribution in [0.5, 0.6) is 0 Å². The predicted octanol–water partition coefficient (Wildman–Crippen LogP) is 2.65. The van der Waals surface area contributed by atoms with Crippen LogP contribution in [0.15, 0.2) is 31.6 Å². The quantitative estimate of drug-likeness (QED) is 0.754. The number of halogens is 1. The number of aromatic nitrogens is 1. The highest BCUT2D eigenvalue weighted by Gasteiger charge is 2.26. The van der Waals surface area contributed by atoms with E-state index in [4.69, 9.17) is 4.42 Å². The number of thiazole rings is 1. The van der Waals surface area contributed by atoms with E-state index in [-0.39, 0.29) is 15.6 Å². The molecule has 6 nitrogen and oxygen atoms in total. The summed E-state index contributed by atoms with van der Waals surface area (Å²) in [5.41, 5.74) is 0. The molecular formula is C12H16BrN3O3S2. The van der Waals surface area contributed by atoms with Gasteiger partial charge in [0.25, 0.3) is 0 Å². The number of rotatable bonds is 7. The molecule has 2 aromatic rings. The molecule has 2 heterocycles. The summed E-state index contributed by atoms with van der Waals surface area (Å²) in [5, 5.41) is 5.48. The maximum absolute atomic E-state index is 12.5. The van der Waals surface area contributed by atoms with E-state index < -0.39 is 10.0 Å². The van der Waals surface area contributed by atoms with Crippen LogP contribution in [0.4, 0.5) is 0 Å². The lowest BCUT2D eigenvalue weighted by Crippen LogP contribution is -2.28. The second-order valence-electron chi connectivity index (χ2n) is 4.33. The fourth-order valence-electron chi connectivity index (χ4n) is 1.81. The zero-order valence-corrected chi connectivity index (χ0v) is 14.8. The Hall–Kier alpha value is -0.740. The first kappa shape index (κ1) is 16.6. The first-order valence-corrected chi connectivity index (χ1v) is 9.48. The van der Waals surface area contributed by atoms with Gasteiger partial charge >= 0.3 is 0 Å². The summed E-state index contributed by atoms with van der Waals surface area (Å²) in [4.78, 5) is 4.27. The Morgan fingerprint density at radius 3 is 2.86 bits per heavy atom. The molecule has 0 amide bonds. The van der Waals surface area contributed by atoms with Crippen LogP contribution in [-0.4, -0.2) is 20.4 Å². The Morgan fingerprint density at radius 2 is 2.29 bits per heavy atom. The third-order valence-electron chi connectivity index (χ3n) is 2.80. The third-order valence-corrected chi connectivity index (χ3v) is 6.02. The molecule has 0 saturated heterocycles. The maximum Gasteiger partial charge on any atom is 0.245 e. The molecule has 1 unspecified atom stereocenters. The summed E-state index contributed by atoms with van der Waals surface area (Å²) in [6, 6.07) is 1.17. The Morgan fingerprint density at radius 1 is 1.52 bits per heavy atom. The van der Waals surface area contributed by atoms with Crippen LogP contribution in [0.3, 0.4) is 0 Å². The molecule has 21 heavy (non-hydrogen) atoms. The van der Waals surface area contributed by atoms with E-state index in [0.717, 1.165) is 5.01 Å². The van der Waals surface area contributed by atoms with Crippen molar-refractivity contribution >= 4 is 37.3 Å². The van der Waals surface area contributed by atoms with E-state index in [1.54, 1.807) is 13.2 Å². The first-order chi connectivity index (χ1) is 9.97. The number of nitrogens with one attached hydrogen (secondary N) is 2. The monoisotopic (exact) mass is 393 g/mol. The standard InChI is InChI=1S/C12H16BrN3O3S2/c1-3-9(12-15-4-5-20-12)16-21(17,18)10-6-8(7-14-2)19-11(10)13/h4-6,9,14,16H,3,7H2,1-2H3. The number of hydrogen-bond donors (Lipinski definition) is 2.